The molecular formula is C29H29ClN4O2. The summed E-state index contributed by atoms with van der Waals surface area (Å²) in [7, 11) is 1.48. The topological polar surface area (TPSA) is 70.2 Å². The van der Waals surface area contributed by atoms with Gasteiger partial charge in [-0.15, -0.1) is 0 Å². The highest BCUT2D eigenvalue weighted by molar-refractivity contribution is 6.30. The minimum absolute atomic E-state index is 0.0116. The Morgan fingerprint density at radius 1 is 1.14 bits per heavy atom. The van der Waals surface area contributed by atoms with E-state index in [1.807, 2.05) is 36.5 Å². The number of pyridine rings is 1. The van der Waals surface area contributed by atoms with Crippen molar-refractivity contribution in [3.8, 4) is 0 Å². The first-order chi connectivity index (χ1) is 17.6. The molecule has 2 aliphatic rings. The summed E-state index contributed by atoms with van der Waals surface area (Å²) in [5.41, 5.74) is 5.81. The SMILES string of the molecule is COC(=O)[C@@H]1Cc2c([nH]c3ccccc23)[C@H]2C[C@H](NCc3cccnc3)C[C@@H](c3cccc(Cl)c3)N21. The van der Waals surface area contributed by atoms with E-state index in [0.29, 0.717) is 11.4 Å². The van der Waals surface area contributed by atoms with Crippen molar-refractivity contribution in [3.05, 3.63) is 100 Å². The van der Waals surface area contributed by atoms with Crippen LogP contribution in [0.1, 0.15) is 47.3 Å². The van der Waals surface area contributed by atoms with Crippen LogP contribution in [0, 0.1) is 0 Å². The first kappa shape index (κ1) is 23.2. The molecule has 6 nitrogen and oxygen atoms in total. The highest BCUT2D eigenvalue weighted by Crippen LogP contribution is 2.49. The summed E-state index contributed by atoms with van der Waals surface area (Å²) in [4.78, 5) is 23.5. The number of hydrogen-bond donors (Lipinski definition) is 2. The quantitative estimate of drug-likeness (QED) is 0.361. The first-order valence-electron chi connectivity index (χ1n) is 12.4. The van der Waals surface area contributed by atoms with Gasteiger partial charge in [-0.05, 0) is 53.8 Å². The number of aromatic amines is 1. The number of hydrogen-bond acceptors (Lipinski definition) is 5. The second-order valence-corrected chi connectivity index (χ2v) is 10.2. The standard InChI is InChI=1S/C29H29ClN4O2/c1-36-29(35)27-15-23-22-9-2-3-10-24(22)33-28(23)26-14-21(32-17-18-6-5-11-31-16-18)13-25(34(26)27)19-7-4-8-20(30)12-19/h2-12,16,21,25-27,32-33H,13-15,17H2,1H3/t21-,25+,26-,27+/m1/s1. The molecule has 36 heavy (non-hydrogen) atoms. The number of nitrogens with zero attached hydrogens (tertiary/aromatic N) is 2. The van der Waals surface area contributed by atoms with Gasteiger partial charge in [0.2, 0.25) is 0 Å². The Balaban J connectivity index is 1.43. The number of aromatic nitrogens is 2. The maximum absolute atomic E-state index is 13.2. The molecule has 2 aromatic heterocycles. The van der Waals surface area contributed by atoms with E-state index in [1.165, 1.54) is 23.8 Å². The molecule has 4 heterocycles. The molecule has 0 unspecified atom stereocenters. The van der Waals surface area contributed by atoms with E-state index < -0.39 is 0 Å². The van der Waals surface area contributed by atoms with Crippen LogP contribution in [0.15, 0.2) is 73.1 Å². The van der Waals surface area contributed by atoms with Gasteiger partial charge in [0, 0.05) is 59.1 Å². The molecule has 0 spiro atoms. The number of benzene rings is 2. The van der Waals surface area contributed by atoms with E-state index in [4.69, 9.17) is 16.3 Å². The Hall–Kier alpha value is -3.19. The van der Waals surface area contributed by atoms with Gasteiger partial charge in [-0.1, -0.05) is 48.0 Å². The molecule has 184 valence electrons. The van der Waals surface area contributed by atoms with E-state index >= 15 is 0 Å². The predicted molar refractivity (Wildman–Crippen MR) is 141 cm³/mol. The Morgan fingerprint density at radius 3 is 2.81 bits per heavy atom. The van der Waals surface area contributed by atoms with Crippen LogP contribution < -0.4 is 5.32 Å². The van der Waals surface area contributed by atoms with Gasteiger partial charge in [0.15, 0.2) is 0 Å². The number of methoxy groups -OCH3 is 1. The van der Waals surface area contributed by atoms with Crippen molar-refractivity contribution >= 4 is 28.5 Å². The normalized spacial score (nSPS) is 23.7. The summed E-state index contributed by atoms with van der Waals surface area (Å²) in [6.45, 7) is 0.744. The van der Waals surface area contributed by atoms with Gasteiger partial charge < -0.3 is 15.0 Å². The van der Waals surface area contributed by atoms with Crippen molar-refractivity contribution in [2.45, 2.75) is 50.0 Å². The van der Waals surface area contributed by atoms with Gasteiger partial charge in [-0.2, -0.15) is 0 Å². The number of carbonyl (C=O) groups is 1. The summed E-state index contributed by atoms with van der Waals surface area (Å²) in [5.74, 6) is -0.190. The fourth-order valence-corrected chi connectivity index (χ4v) is 6.31. The molecule has 2 aliphatic heterocycles. The number of H-pyrrole nitrogens is 1. The van der Waals surface area contributed by atoms with Crippen molar-refractivity contribution in [1.29, 1.82) is 0 Å². The highest BCUT2D eigenvalue weighted by Gasteiger charge is 2.48. The molecule has 4 aromatic rings. The number of ether oxygens (including phenoxy) is 1. The third-order valence-electron chi connectivity index (χ3n) is 7.70. The second kappa shape index (κ2) is 9.69. The highest BCUT2D eigenvalue weighted by atomic mass is 35.5. The summed E-state index contributed by atoms with van der Waals surface area (Å²) in [6, 6.07) is 20.4. The van der Waals surface area contributed by atoms with Crippen LogP contribution >= 0.6 is 11.6 Å². The second-order valence-electron chi connectivity index (χ2n) is 9.75. The van der Waals surface area contributed by atoms with Gasteiger partial charge in [-0.25, -0.2) is 0 Å². The van der Waals surface area contributed by atoms with Crippen LogP contribution in [0.25, 0.3) is 10.9 Å². The molecule has 1 saturated heterocycles. The monoisotopic (exact) mass is 500 g/mol. The third kappa shape index (κ3) is 4.19. The Kier molecular flexibility index (Phi) is 6.25. The lowest BCUT2D eigenvalue weighted by Gasteiger charge is -2.50. The van der Waals surface area contributed by atoms with Gasteiger partial charge in [0.25, 0.3) is 0 Å². The molecule has 0 aliphatic carbocycles. The van der Waals surface area contributed by atoms with E-state index in [0.717, 1.165) is 36.0 Å². The zero-order valence-electron chi connectivity index (χ0n) is 20.2. The number of para-hydroxylation sites is 1. The van der Waals surface area contributed by atoms with Crippen molar-refractivity contribution < 1.29 is 9.53 Å². The van der Waals surface area contributed by atoms with Crippen LogP contribution in [0.4, 0.5) is 0 Å². The van der Waals surface area contributed by atoms with Gasteiger partial charge in [0.1, 0.15) is 6.04 Å². The zero-order valence-corrected chi connectivity index (χ0v) is 20.9. The molecule has 2 aromatic carbocycles. The van der Waals surface area contributed by atoms with Crippen molar-refractivity contribution in [1.82, 2.24) is 20.2 Å². The molecule has 0 radical (unpaired) electrons. The Labute approximate surface area is 215 Å². The number of nitrogens with one attached hydrogen (secondary N) is 2. The lowest BCUT2D eigenvalue weighted by molar-refractivity contribution is -0.152. The fraction of sp³-hybridized carbons (Fsp3) is 0.310. The predicted octanol–water partition coefficient (Wildman–Crippen LogP) is 5.35. The number of carbonyl (C=O) groups excluding carboxylic acids is 1. The lowest BCUT2D eigenvalue weighted by atomic mass is 9.79. The number of halogens is 1. The smallest absolute Gasteiger partial charge is 0.323 e. The maximum Gasteiger partial charge on any atom is 0.323 e. The van der Waals surface area contributed by atoms with E-state index in [-0.39, 0.29) is 30.1 Å². The Morgan fingerprint density at radius 2 is 2.00 bits per heavy atom. The average Bonchev–Trinajstić information content (AvgIpc) is 3.30. The first-order valence-corrected chi connectivity index (χ1v) is 12.8. The van der Waals surface area contributed by atoms with Crippen molar-refractivity contribution in [2.75, 3.05) is 7.11 Å². The van der Waals surface area contributed by atoms with E-state index in [9.17, 15) is 4.79 Å². The average molecular weight is 501 g/mol. The number of rotatable bonds is 5. The Bertz CT molecular complexity index is 1390. The summed E-state index contributed by atoms with van der Waals surface area (Å²) >= 11 is 6.44. The third-order valence-corrected chi connectivity index (χ3v) is 7.93. The fourth-order valence-electron chi connectivity index (χ4n) is 6.12. The van der Waals surface area contributed by atoms with Crippen LogP contribution in [0.2, 0.25) is 5.02 Å². The lowest BCUT2D eigenvalue weighted by Crippen LogP contribution is -2.55. The number of piperidine rings is 1. The number of esters is 1. The molecule has 4 atom stereocenters. The van der Waals surface area contributed by atoms with E-state index in [1.54, 1.807) is 6.20 Å². The molecule has 6 rings (SSSR count). The van der Waals surface area contributed by atoms with Crippen molar-refractivity contribution in [3.63, 3.8) is 0 Å². The van der Waals surface area contributed by atoms with Gasteiger partial charge >= 0.3 is 5.97 Å². The summed E-state index contributed by atoms with van der Waals surface area (Å²) in [6.07, 6.45) is 6.06. The number of fused-ring (bicyclic) bond motifs is 5. The summed E-state index contributed by atoms with van der Waals surface area (Å²) < 4.78 is 5.34. The molecular weight excluding hydrogens is 472 g/mol. The minimum Gasteiger partial charge on any atom is -0.468 e. The zero-order chi connectivity index (χ0) is 24.6. The van der Waals surface area contributed by atoms with Crippen LogP contribution in [-0.4, -0.2) is 40.0 Å². The van der Waals surface area contributed by atoms with Gasteiger partial charge in [0.05, 0.1) is 13.2 Å². The van der Waals surface area contributed by atoms with E-state index in [2.05, 4.69) is 50.5 Å². The summed E-state index contributed by atoms with van der Waals surface area (Å²) in [5, 5.41) is 5.67. The van der Waals surface area contributed by atoms with Crippen LogP contribution in [0.5, 0.6) is 0 Å². The molecule has 0 bridgehead atoms. The molecule has 0 amide bonds. The maximum atomic E-state index is 13.2. The van der Waals surface area contributed by atoms with Crippen LogP contribution in [0.3, 0.4) is 0 Å². The largest absolute Gasteiger partial charge is 0.468 e. The van der Waals surface area contributed by atoms with Crippen LogP contribution in [-0.2, 0) is 22.5 Å². The minimum atomic E-state index is -0.366. The van der Waals surface area contributed by atoms with Crippen molar-refractivity contribution in [2.24, 2.45) is 0 Å². The molecule has 7 heteroatoms. The molecule has 0 saturated carbocycles. The van der Waals surface area contributed by atoms with Gasteiger partial charge in [-0.3, -0.25) is 14.7 Å². The molecule has 2 N–H and O–H groups in total. The molecule has 1 fully saturated rings.